The van der Waals surface area contributed by atoms with Gasteiger partial charge in [-0.25, -0.2) is 17.6 Å². The van der Waals surface area contributed by atoms with E-state index in [9.17, 15) is 17.6 Å². The highest BCUT2D eigenvalue weighted by atomic mass is 32.2. The molecule has 7 heteroatoms. The summed E-state index contributed by atoms with van der Waals surface area (Å²) >= 11 is 0. The van der Waals surface area contributed by atoms with Crippen LogP contribution in [0.25, 0.3) is 0 Å². The molecule has 0 saturated heterocycles. The van der Waals surface area contributed by atoms with Crippen molar-refractivity contribution in [2.24, 2.45) is 0 Å². The van der Waals surface area contributed by atoms with E-state index in [1.165, 1.54) is 24.3 Å². The molecule has 0 unspecified atom stereocenters. The van der Waals surface area contributed by atoms with Gasteiger partial charge in [-0.1, -0.05) is 30.3 Å². The molecule has 144 valence electrons. The molecule has 0 aromatic heterocycles. The molecule has 0 saturated carbocycles. The van der Waals surface area contributed by atoms with Crippen molar-refractivity contribution in [1.82, 2.24) is 0 Å². The molecule has 28 heavy (non-hydrogen) atoms. The Hall–Kier alpha value is -3.19. The molecule has 0 bridgehead atoms. The lowest BCUT2D eigenvalue weighted by atomic mass is 10.0. The third kappa shape index (κ3) is 4.95. The van der Waals surface area contributed by atoms with Crippen molar-refractivity contribution in [2.75, 3.05) is 4.72 Å². The number of hydrogen-bond acceptors (Lipinski definition) is 3. The fourth-order valence-corrected chi connectivity index (χ4v) is 3.87. The van der Waals surface area contributed by atoms with Crippen molar-refractivity contribution < 1.29 is 22.7 Å². The summed E-state index contributed by atoms with van der Waals surface area (Å²) < 4.78 is 40.6. The summed E-state index contributed by atoms with van der Waals surface area (Å²) in [6.45, 7) is 0. The quantitative estimate of drug-likeness (QED) is 0.626. The van der Waals surface area contributed by atoms with E-state index >= 15 is 0 Å². The third-order valence-corrected chi connectivity index (χ3v) is 5.54. The Morgan fingerprint density at radius 1 is 0.893 bits per heavy atom. The smallest absolute Gasteiger partial charge is 0.335 e. The minimum Gasteiger partial charge on any atom is -0.478 e. The van der Waals surface area contributed by atoms with Crippen LogP contribution in [0, 0.1) is 5.82 Å². The maximum absolute atomic E-state index is 13.3. The fraction of sp³-hybridized carbons (Fsp3) is 0.0952. The number of halogens is 1. The molecule has 0 heterocycles. The van der Waals surface area contributed by atoms with Crippen LogP contribution in [-0.2, 0) is 22.9 Å². The van der Waals surface area contributed by atoms with Crippen LogP contribution >= 0.6 is 0 Å². The number of carboxylic acids is 1. The third-order valence-electron chi connectivity index (χ3n) is 4.16. The van der Waals surface area contributed by atoms with Crippen molar-refractivity contribution in [1.29, 1.82) is 0 Å². The largest absolute Gasteiger partial charge is 0.478 e. The van der Waals surface area contributed by atoms with Gasteiger partial charge in [0, 0.05) is 5.69 Å². The molecule has 3 rings (SSSR count). The molecule has 3 aromatic rings. The van der Waals surface area contributed by atoms with Gasteiger partial charge in [0.05, 0.1) is 10.5 Å². The molecule has 0 spiro atoms. The van der Waals surface area contributed by atoms with Gasteiger partial charge in [0.2, 0.25) is 0 Å². The summed E-state index contributed by atoms with van der Waals surface area (Å²) in [7, 11) is -3.89. The highest BCUT2D eigenvalue weighted by molar-refractivity contribution is 7.92. The maximum Gasteiger partial charge on any atom is 0.335 e. The lowest BCUT2D eigenvalue weighted by Gasteiger charge is -2.10. The fourth-order valence-electron chi connectivity index (χ4n) is 2.79. The van der Waals surface area contributed by atoms with E-state index in [4.69, 9.17) is 5.11 Å². The molecular formula is C21H18FNO4S. The van der Waals surface area contributed by atoms with Gasteiger partial charge in [-0.3, -0.25) is 4.72 Å². The molecule has 0 amide bonds. The van der Waals surface area contributed by atoms with Gasteiger partial charge < -0.3 is 5.11 Å². The molecule has 0 radical (unpaired) electrons. The van der Waals surface area contributed by atoms with E-state index in [0.29, 0.717) is 18.5 Å². The standard InChI is InChI=1S/C21H18FNO4S/c22-18-7-3-9-20(14-18)28(26,27)23-19-8-2-5-16(13-19)11-10-15-4-1-6-17(12-15)21(24)25/h1-9,12-14,23H,10-11H2,(H,24,25). The first-order valence-corrected chi connectivity index (χ1v) is 10.0. The highest BCUT2D eigenvalue weighted by Gasteiger charge is 2.15. The Balaban J connectivity index is 1.72. The van der Waals surface area contributed by atoms with Crippen LogP contribution in [-0.4, -0.2) is 19.5 Å². The van der Waals surface area contributed by atoms with Gasteiger partial charge in [0.25, 0.3) is 10.0 Å². The Kier molecular flexibility index (Phi) is 5.75. The number of carboxylic acid groups (broad SMARTS) is 1. The zero-order valence-electron chi connectivity index (χ0n) is 14.8. The second-order valence-corrected chi connectivity index (χ2v) is 7.95. The second-order valence-electron chi connectivity index (χ2n) is 6.27. The van der Waals surface area contributed by atoms with Crippen LogP contribution in [0.3, 0.4) is 0 Å². The van der Waals surface area contributed by atoms with Gasteiger partial charge in [-0.2, -0.15) is 0 Å². The molecule has 0 aliphatic carbocycles. The normalized spacial score (nSPS) is 11.2. The van der Waals surface area contributed by atoms with Gasteiger partial charge in [0.1, 0.15) is 5.82 Å². The average Bonchev–Trinajstić information content (AvgIpc) is 2.66. The Bertz CT molecular complexity index is 1110. The van der Waals surface area contributed by atoms with Crippen molar-refractivity contribution >= 4 is 21.7 Å². The molecular weight excluding hydrogens is 381 g/mol. The van der Waals surface area contributed by atoms with E-state index in [0.717, 1.165) is 17.2 Å². The highest BCUT2D eigenvalue weighted by Crippen LogP contribution is 2.19. The Morgan fingerprint density at radius 3 is 2.21 bits per heavy atom. The van der Waals surface area contributed by atoms with Crippen LogP contribution in [0.4, 0.5) is 10.1 Å². The summed E-state index contributed by atoms with van der Waals surface area (Å²) in [5.74, 6) is -1.60. The molecule has 0 aliphatic heterocycles. The van der Waals surface area contributed by atoms with Crippen LogP contribution in [0.5, 0.6) is 0 Å². The average molecular weight is 399 g/mol. The van der Waals surface area contributed by atoms with Crippen LogP contribution < -0.4 is 4.72 Å². The van der Waals surface area contributed by atoms with Crippen molar-refractivity contribution in [3.8, 4) is 0 Å². The number of hydrogen-bond donors (Lipinski definition) is 2. The van der Waals surface area contributed by atoms with Crippen LogP contribution in [0.15, 0.2) is 77.7 Å². The minimum absolute atomic E-state index is 0.150. The van der Waals surface area contributed by atoms with Crippen molar-refractivity contribution in [3.05, 3.63) is 95.3 Å². The zero-order chi connectivity index (χ0) is 20.1. The van der Waals surface area contributed by atoms with Gasteiger partial charge in [-0.05, 0) is 66.4 Å². The minimum atomic E-state index is -3.89. The van der Waals surface area contributed by atoms with Crippen LogP contribution in [0.1, 0.15) is 21.5 Å². The summed E-state index contributed by atoms with van der Waals surface area (Å²) in [5, 5.41) is 9.06. The first-order valence-electron chi connectivity index (χ1n) is 8.53. The van der Waals surface area contributed by atoms with Crippen LogP contribution in [0.2, 0.25) is 0 Å². The molecule has 0 fully saturated rings. The van der Waals surface area contributed by atoms with E-state index < -0.39 is 21.8 Å². The topological polar surface area (TPSA) is 83.5 Å². The number of carbonyl (C=O) groups is 1. The van der Waals surface area contributed by atoms with Gasteiger partial charge in [-0.15, -0.1) is 0 Å². The number of sulfonamides is 1. The Morgan fingerprint density at radius 2 is 1.54 bits per heavy atom. The zero-order valence-corrected chi connectivity index (χ0v) is 15.6. The van der Waals surface area contributed by atoms with Gasteiger partial charge in [0.15, 0.2) is 0 Å². The summed E-state index contributed by atoms with van der Waals surface area (Å²) in [5.41, 5.74) is 2.38. The molecule has 5 nitrogen and oxygen atoms in total. The summed E-state index contributed by atoms with van der Waals surface area (Å²) in [6, 6.07) is 18.4. The van der Waals surface area contributed by atoms with Crippen molar-refractivity contribution in [3.63, 3.8) is 0 Å². The number of rotatable bonds is 7. The lowest BCUT2D eigenvalue weighted by Crippen LogP contribution is -2.13. The summed E-state index contributed by atoms with van der Waals surface area (Å²) in [6.07, 6.45) is 1.22. The first-order chi connectivity index (χ1) is 13.3. The monoisotopic (exact) mass is 399 g/mol. The molecule has 0 atom stereocenters. The molecule has 3 aromatic carbocycles. The Labute approximate surface area is 162 Å². The molecule has 0 aliphatic rings. The maximum atomic E-state index is 13.3. The van der Waals surface area contributed by atoms with E-state index in [1.807, 2.05) is 12.1 Å². The number of nitrogens with one attached hydrogen (secondary N) is 1. The first kappa shape index (κ1) is 19.6. The SMILES string of the molecule is O=C(O)c1cccc(CCc2cccc(NS(=O)(=O)c3cccc(F)c3)c2)c1. The summed E-state index contributed by atoms with van der Waals surface area (Å²) in [4.78, 5) is 10.9. The van der Waals surface area contributed by atoms with E-state index in [2.05, 4.69) is 4.72 Å². The molecule has 2 N–H and O–H groups in total. The van der Waals surface area contributed by atoms with E-state index in [-0.39, 0.29) is 10.5 Å². The number of anilines is 1. The number of benzene rings is 3. The predicted molar refractivity (Wildman–Crippen MR) is 104 cm³/mol. The van der Waals surface area contributed by atoms with Crippen molar-refractivity contribution in [2.45, 2.75) is 17.7 Å². The number of aryl methyl sites for hydroxylation is 2. The van der Waals surface area contributed by atoms with Gasteiger partial charge >= 0.3 is 5.97 Å². The van der Waals surface area contributed by atoms with E-state index in [1.54, 1.807) is 30.3 Å². The number of aromatic carboxylic acids is 1. The lowest BCUT2D eigenvalue weighted by molar-refractivity contribution is 0.0696. The predicted octanol–water partition coefficient (Wildman–Crippen LogP) is 4.11. The second kappa shape index (κ2) is 8.22.